The molecule has 6 atom stereocenters. The largest absolute Gasteiger partial charge is 0.457 e. The van der Waals surface area contributed by atoms with E-state index in [1.54, 1.807) is 0 Å². The number of aliphatic hydroxyl groups is 4. The molecule has 328 valence electrons. The highest BCUT2D eigenvalue weighted by Crippen LogP contribution is 2.22. The van der Waals surface area contributed by atoms with Crippen LogP contribution in [-0.4, -0.2) is 89.6 Å². The molecule has 0 aromatic heterocycles. The van der Waals surface area contributed by atoms with Crippen LogP contribution in [0.3, 0.4) is 0 Å². The number of rotatable bonds is 39. The zero-order valence-electron chi connectivity index (χ0n) is 35.9. The minimum Gasteiger partial charge on any atom is -0.457 e. The molecule has 1 rings (SSSR count). The lowest BCUT2D eigenvalue weighted by atomic mass is 9.99. The Balaban J connectivity index is 2.27. The summed E-state index contributed by atoms with van der Waals surface area (Å²) < 4.78 is 22.8. The van der Waals surface area contributed by atoms with Crippen LogP contribution in [0.4, 0.5) is 0 Å². The summed E-state index contributed by atoms with van der Waals surface area (Å²) in [6.45, 7) is 4.51. The first kappa shape index (κ1) is 52.4. The molecule has 1 heterocycles. The van der Waals surface area contributed by atoms with Crippen molar-refractivity contribution in [2.24, 2.45) is 0 Å². The molecular formula is C47H86O9. The van der Waals surface area contributed by atoms with Crippen molar-refractivity contribution in [3.63, 3.8) is 0 Å². The molecule has 0 aromatic rings. The van der Waals surface area contributed by atoms with Gasteiger partial charge >= 0.3 is 5.97 Å². The van der Waals surface area contributed by atoms with Crippen LogP contribution in [0.1, 0.15) is 194 Å². The van der Waals surface area contributed by atoms with Gasteiger partial charge in [-0.25, -0.2) is 0 Å². The van der Waals surface area contributed by atoms with E-state index in [0.29, 0.717) is 13.0 Å². The smallest absolute Gasteiger partial charge is 0.306 e. The van der Waals surface area contributed by atoms with E-state index in [1.807, 2.05) is 0 Å². The number of ether oxygens (including phenoxy) is 4. The Labute approximate surface area is 342 Å². The number of aliphatic hydroxyl groups excluding tert-OH is 4. The van der Waals surface area contributed by atoms with Crippen LogP contribution in [-0.2, 0) is 23.7 Å². The molecule has 9 heteroatoms. The number of carbonyl (C=O) groups excluding carboxylic acids is 1. The van der Waals surface area contributed by atoms with Crippen molar-refractivity contribution in [3.8, 4) is 0 Å². The molecule has 1 aliphatic rings. The second-order valence-electron chi connectivity index (χ2n) is 15.8. The highest BCUT2D eigenvalue weighted by Gasteiger charge is 2.44. The summed E-state index contributed by atoms with van der Waals surface area (Å²) in [7, 11) is 0. The van der Waals surface area contributed by atoms with Crippen LogP contribution < -0.4 is 0 Å². The molecule has 4 N–H and O–H groups in total. The first-order valence-corrected chi connectivity index (χ1v) is 23.1. The quantitative estimate of drug-likeness (QED) is 0.0272. The average molecular weight is 795 g/mol. The number of hydrogen-bond acceptors (Lipinski definition) is 9. The summed E-state index contributed by atoms with van der Waals surface area (Å²) >= 11 is 0. The summed E-state index contributed by atoms with van der Waals surface area (Å²) in [5.74, 6) is -0.323. The SMILES string of the molecule is CCCCC/C=C\C/C=C\CCCCCCCCCC(=O)OC(COCCCCCCCC/C=C\CCCCCCCC)COC1OC(CO)C(O)C(O)C1O. The molecule has 1 aliphatic heterocycles. The van der Waals surface area contributed by atoms with Crippen molar-refractivity contribution in [1.82, 2.24) is 0 Å². The summed E-state index contributed by atoms with van der Waals surface area (Å²) in [4.78, 5) is 12.8. The van der Waals surface area contributed by atoms with Crippen LogP contribution in [0.5, 0.6) is 0 Å². The van der Waals surface area contributed by atoms with Crippen molar-refractivity contribution in [3.05, 3.63) is 36.5 Å². The maximum Gasteiger partial charge on any atom is 0.306 e. The summed E-state index contributed by atoms with van der Waals surface area (Å²) in [5.41, 5.74) is 0. The van der Waals surface area contributed by atoms with Gasteiger partial charge in [-0.1, -0.05) is 153 Å². The van der Waals surface area contributed by atoms with Gasteiger partial charge in [0.1, 0.15) is 30.5 Å². The molecule has 56 heavy (non-hydrogen) atoms. The zero-order chi connectivity index (χ0) is 40.7. The van der Waals surface area contributed by atoms with Crippen molar-refractivity contribution in [2.75, 3.05) is 26.4 Å². The molecule has 0 spiro atoms. The molecule has 0 aliphatic carbocycles. The molecule has 0 aromatic carbocycles. The third kappa shape index (κ3) is 29.6. The van der Waals surface area contributed by atoms with Crippen LogP contribution in [0.15, 0.2) is 36.5 Å². The first-order valence-electron chi connectivity index (χ1n) is 23.1. The van der Waals surface area contributed by atoms with Gasteiger partial charge < -0.3 is 39.4 Å². The van der Waals surface area contributed by atoms with E-state index >= 15 is 0 Å². The molecule has 0 amide bonds. The van der Waals surface area contributed by atoms with Crippen LogP contribution in [0.25, 0.3) is 0 Å². The Morgan fingerprint density at radius 2 is 1.04 bits per heavy atom. The second kappa shape index (κ2) is 38.9. The lowest BCUT2D eigenvalue weighted by Gasteiger charge is -2.39. The summed E-state index contributed by atoms with van der Waals surface area (Å²) in [6, 6.07) is 0. The van der Waals surface area contributed by atoms with Gasteiger partial charge in [0.25, 0.3) is 0 Å². The van der Waals surface area contributed by atoms with Crippen LogP contribution in [0.2, 0.25) is 0 Å². The normalized spacial score (nSPS) is 20.9. The molecule has 0 bridgehead atoms. The lowest BCUT2D eigenvalue weighted by molar-refractivity contribution is -0.305. The Morgan fingerprint density at radius 1 is 0.571 bits per heavy atom. The molecule has 0 radical (unpaired) electrons. The molecular weight excluding hydrogens is 709 g/mol. The fourth-order valence-corrected chi connectivity index (χ4v) is 6.87. The Hall–Kier alpha value is -1.59. The molecule has 1 saturated heterocycles. The molecule has 6 unspecified atom stereocenters. The zero-order valence-corrected chi connectivity index (χ0v) is 35.9. The Morgan fingerprint density at radius 3 is 1.59 bits per heavy atom. The predicted molar refractivity (Wildman–Crippen MR) is 228 cm³/mol. The summed E-state index contributed by atoms with van der Waals surface area (Å²) in [5, 5.41) is 40.1. The van der Waals surface area contributed by atoms with E-state index in [0.717, 1.165) is 51.4 Å². The van der Waals surface area contributed by atoms with Gasteiger partial charge in [0.2, 0.25) is 0 Å². The van der Waals surface area contributed by atoms with E-state index in [-0.39, 0.29) is 19.2 Å². The van der Waals surface area contributed by atoms with Gasteiger partial charge in [-0.15, -0.1) is 0 Å². The van der Waals surface area contributed by atoms with Crippen LogP contribution >= 0.6 is 0 Å². The lowest BCUT2D eigenvalue weighted by Crippen LogP contribution is -2.59. The van der Waals surface area contributed by atoms with Gasteiger partial charge in [0.05, 0.1) is 19.8 Å². The molecule has 0 saturated carbocycles. The highest BCUT2D eigenvalue weighted by molar-refractivity contribution is 5.69. The minimum atomic E-state index is -1.54. The minimum absolute atomic E-state index is 0.118. The van der Waals surface area contributed by atoms with Crippen molar-refractivity contribution in [2.45, 2.75) is 230 Å². The topological polar surface area (TPSA) is 135 Å². The standard InChI is InChI=1S/C47H86O9/c1-3-5-7-9-11-13-15-17-19-21-22-24-26-28-30-32-34-36-43(49)55-41(40-54-47-46(52)45(51)44(50)42(38-48)56-47)39-53-37-35-33-31-29-27-25-23-20-18-16-14-12-10-8-6-4-2/h11,13,17-20,41-42,44-48,50-52H,3-10,12,14-16,21-40H2,1-2H3/b13-11-,19-17-,20-18-. The summed E-state index contributed by atoms with van der Waals surface area (Å²) in [6.07, 6.45) is 38.8. The monoisotopic (exact) mass is 795 g/mol. The van der Waals surface area contributed by atoms with E-state index in [9.17, 15) is 25.2 Å². The van der Waals surface area contributed by atoms with Crippen molar-refractivity contribution < 1.29 is 44.2 Å². The third-order valence-electron chi connectivity index (χ3n) is 10.5. The van der Waals surface area contributed by atoms with E-state index < -0.39 is 43.4 Å². The van der Waals surface area contributed by atoms with Gasteiger partial charge in [-0.2, -0.15) is 0 Å². The van der Waals surface area contributed by atoms with Gasteiger partial charge in [-0.05, 0) is 70.6 Å². The Bertz CT molecular complexity index is 952. The number of unbranched alkanes of at least 4 members (excludes halogenated alkanes) is 22. The molecule has 9 nitrogen and oxygen atoms in total. The van der Waals surface area contributed by atoms with Gasteiger partial charge in [0, 0.05) is 13.0 Å². The van der Waals surface area contributed by atoms with Crippen LogP contribution in [0, 0.1) is 0 Å². The van der Waals surface area contributed by atoms with Crippen molar-refractivity contribution in [1.29, 1.82) is 0 Å². The average Bonchev–Trinajstić information content (AvgIpc) is 3.20. The van der Waals surface area contributed by atoms with Gasteiger partial charge in [0.15, 0.2) is 6.29 Å². The highest BCUT2D eigenvalue weighted by atomic mass is 16.7. The maximum absolute atomic E-state index is 12.8. The number of hydrogen-bond donors (Lipinski definition) is 4. The number of esters is 1. The number of allylic oxidation sites excluding steroid dienone is 6. The molecule has 1 fully saturated rings. The van der Waals surface area contributed by atoms with E-state index in [1.165, 1.54) is 122 Å². The predicted octanol–water partition coefficient (Wildman–Crippen LogP) is 10.4. The first-order chi connectivity index (χ1) is 27.4. The van der Waals surface area contributed by atoms with Gasteiger partial charge in [-0.3, -0.25) is 4.79 Å². The third-order valence-corrected chi connectivity index (χ3v) is 10.5. The fraction of sp³-hybridized carbons (Fsp3) is 0.851. The maximum atomic E-state index is 12.8. The second-order valence-corrected chi connectivity index (χ2v) is 15.8. The van der Waals surface area contributed by atoms with E-state index in [2.05, 4.69) is 50.3 Å². The van der Waals surface area contributed by atoms with E-state index in [4.69, 9.17) is 18.9 Å². The Kier molecular flexibility index (Phi) is 36.4. The number of carbonyl (C=O) groups is 1. The van der Waals surface area contributed by atoms with Crippen molar-refractivity contribution >= 4 is 5.97 Å². The fourth-order valence-electron chi connectivity index (χ4n) is 6.87.